The van der Waals surface area contributed by atoms with Crippen LogP contribution in [0.1, 0.15) is 35.0 Å². The van der Waals surface area contributed by atoms with Crippen molar-refractivity contribution in [1.29, 1.82) is 0 Å². The Balaban J connectivity index is 2.04. The van der Waals surface area contributed by atoms with Crippen LogP contribution in [0.3, 0.4) is 0 Å². The summed E-state index contributed by atoms with van der Waals surface area (Å²) in [7, 11) is 0. The van der Waals surface area contributed by atoms with Crippen LogP contribution in [0.4, 0.5) is 0 Å². The first-order valence-electron chi connectivity index (χ1n) is 6.22. The first-order chi connectivity index (χ1) is 8.65. The van der Waals surface area contributed by atoms with Crippen LogP contribution in [0.2, 0.25) is 0 Å². The molecule has 2 rings (SSSR count). The van der Waals surface area contributed by atoms with Crippen molar-refractivity contribution in [2.45, 2.75) is 39.8 Å². The molecule has 96 valence electrons. The normalized spacial score (nSPS) is 11.1. The lowest BCUT2D eigenvalue weighted by atomic mass is 10.2. The van der Waals surface area contributed by atoms with Crippen LogP contribution in [0.15, 0.2) is 24.5 Å². The molecule has 0 aliphatic carbocycles. The Bertz CT molecular complexity index is 491. The Hall–Kier alpha value is -1.26. The Labute approximate surface area is 112 Å². The molecule has 3 nitrogen and oxygen atoms in total. The molecule has 0 radical (unpaired) electrons. The smallest absolute Gasteiger partial charge is 0.0975 e. The largest absolute Gasteiger partial charge is 0.310 e. The first kappa shape index (κ1) is 13.2. The number of aryl methyl sites for hydroxylation is 1. The van der Waals surface area contributed by atoms with Gasteiger partial charge in [-0.05, 0) is 18.6 Å². The van der Waals surface area contributed by atoms with Crippen molar-refractivity contribution in [3.05, 3.63) is 45.7 Å². The third kappa shape index (κ3) is 3.62. The molecule has 0 spiro atoms. The maximum Gasteiger partial charge on any atom is 0.0975 e. The summed E-state index contributed by atoms with van der Waals surface area (Å²) >= 11 is 1.79. The zero-order valence-corrected chi connectivity index (χ0v) is 11.9. The van der Waals surface area contributed by atoms with Crippen molar-refractivity contribution in [2.75, 3.05) is 0 Å². The first-order valence-corrected chi connectivity index (χ1v) is 7.04. The van der Waals surface area contributed by atoms with Crippen molar-refractivity contribution in [3.8, 4) is 0 Å². The van der Waals surface area contributed by atoms with E-state index in [0.717, 1.165) is 18.7 Å². The second kappa shape index (κ2) is 6.07. The number of aromatic nitrogens is 2. The standard InChI is InChI=1S/C14H19N3S/c1-10(2)16-9-13-11(3)17-14(18-13)7-12-5-4-6-15-8-12/h4-6,8,10,16H,7,9H2,1-3H3. The predicted molar refractivity (Wildman–Crippen MR) is 75.9 cm³/mol. The molecule has 2 aromatic heterocycles. The van der Waals surface area contributed by atoms with Crippen LogP contribution in [0, 0.1) is 6.92 Å². The number of hydrogen-bond donors (Lipinski definition) is 1. The fraction of sp³-hybridized carbons (Fsp3) is 0.429. The molecule has 4 heteroatoms. The van der Waals surface area contributed by atoms with Gasteiger partial charge in [-0.25, -0.2) is 4.98 Å². The summed E-state index contributed by atoms with van der Waals surface area (Å²) in [6.45, 7) is 7.31. The third-order valence-electron chi connectivity index (χ3n) is 2.69. The molecule has 0 aliphatic heterocycles. The van der Waals surface area contributed by atoms with E-state index in [1.165, 1.54) is 15.4 Å². The fourth-order valence-corrected chi connectivity index (χ4v) is 2.76. The molecule has 0 bridgehead atoms. The van der Waals surface area contributed by atoms with Crippen molar-refractivity contribution >= 4 is 11.3 Å². The third-order valence-corrected chi connectivity index (χ3v) is 3.84. The number of thiazole rings is 1. The lowest BCUT2D eigenvalue weighted by Gasteiger charge is -2.05. The fourth-order valence-electron chi connectivity index (χ4n) is 1.70. The molecular formula is C14H19N3S. The zero-order chi connectivity index (χ0) is 13.0. The monoisotopic (exact) mass is 261 g/mol. The van der Waals surface area contributed by atoms with Gasteiger partial charge in [0.2, 0.25) is 0 Å². The molecule has 18 heavy (non-hydrogen) atoms. The summed E-state index contributed by atoms with van der Waals surface area (Å²) in [5, 5.41) is 4.61. The molecular weight excluding hydrogens is 242 g/mol. The molecule has 0 aliphatic rings. The Morgan fingerprint density at radius 3 is 2.89 bits per heavy atom. The van der Waals surface area contributed by atoms with Crippen LogP contribution in [0.25, 0.3) is 0 Å². The van der Waals surface area contributed by atoms with E-state index in [4.69, 9.17) is 0 Å². The van der Waals surface area contributed by atoms with Crippen molar-refractivity contribution < 1.29 is 0 Å². The molecule has 2 heterocycles. The van der Waals surface area contributed by atoms with Crippen LogP contribution in [0.5, 0.6) is 0 Å². The van der Waals surface area contributed by atoms with Gasteiger partial charge < -0.3 is 5.32 Å². The molecule has 0 saturated carbocycles. The summed E-state index contributed by atoms with van der Waals surface area (Å²) in [4.78, 5) is 10.1. The van der Waals surface area contributed by atoms with Gasteiger partial charge in [-0.3, -0.25) is 4.98 Å². The molecule has 0 fully saturated rings. The van der Waals surface area contributed by atoms with Gasteiger partial charge in [0.25, 0.3) is 0 Å². The summed E-state index contributed by atoms with van der Waals surface area (Å²) in [5.41, 5.74) is 2.36. The average Bonchev–Trinajstić information content (AvgIpc) is 2.68. The van der Waals surface area contributed by atoms with Gasteiger partial charge in [-0.2, -0.15) is 0 Å². The molecule has 0 saturated heterocycles. The van der Waals surface area contributed by atoms with Gasteiger partial charge in [-0.1, -0.05) is 19.9 Å². The summed E-state index contributed by atoms with van der Waals surface area (Å²) in [6.07, 6.45) is 4.58. The van der Waals surface area contributed by atoms with E-state index in [1.807, 2.05) is 12.3 Å². The second-order valence-corrected chi connectivity index (χ2v) is 5.86. The predicted octanol–water partition coefficient (Wildman–Crippen LogP) is 2.94. The number of hydrogen-bond acceptors (Lipinski definition) is 4. The van der Waals surface area contributed by atoms with Crippen LogP contribution < -0.4 is 5.32 Å². The minimum atomic E-state index is 0.508. The van der Waals surface area contributed by atoms with E-state index < -0.39 is 0 Å². The quantitative estimate of drug-likeness (QED) is 0.899. The topological polar surface area (TPSA) is 37.8 Å². The highest BCUT2D eigenvalue weighted by molar-refractivity contribution is 7.11. The van der Waals surface area contributed by atoms with Crippen LogP contribution in [-0.4, -0.2) is 16.0 Å². The minimum Gasteiger partial charge on any atom is -0.310 e. The van der Waals surface area contributed by atoms with E-state index in [-0.39, 0.29) is 0 Å². The van der Waals surface area contributed by atoms with Crippen LogP contribution >= 0.6 is 11.3 Å². The number of nitrogens with zero attached hydrogens (tertiary/aromatic N) is 2. The Morgan fingerprint density at radius 2 is 2.22 bits per heavy atom. The van der Waals surface area contributed by atoms with Gasteiger partial charge in [0, 0.05) is 36.3 Å². The summed E-state index contributed by atoms with van der Waals surface area (Å²) < 4.78 is 0. The highest BCUT2D eigenvalue weighted by Crippen LogP contribution is 2.20. The summed E-state index contributed by atoms with van der Waals surface area (Å²) in [5.74, 6) is 0. The maximum atomic E-state index is 4.63. The summed E-state index contributed by atoms with van der Waals surface area (Å²) in [6, 6.07) is 4.57. The number of nitrogens with one attached hydrogen (secondary N) is 1. The van der Waals surface area contributed by atoms with E-state index in [1.54, 1.807) is 17.5 Å². The van der Waals surface area contributed by atoms with Crippen molar-refractivity contribution in [2.24, 2.45) is 0 Å². The molecule has 0 amide bonds. The lowest BCUT2D eigenvalue weighted by Crippen LogP contribution is -2.21. The maximum absolute atomic E-state index is 4.63. The minimum absolute atomic E-state index is 0.508. The van der Waals surface area contributed by atoms with Gasteiger partial charge in [0.15, 0.2) is 0 Å². The molecule has 0 aromatic carbocycles. The molecule has 1 N–H and O–H groups in total. The average molecular weight is 261 g/mol. The number of rotatable bonds is 5. The van der Waals surface area contributed by atoms with Gasteiger partial charge >= 0.3 is 0 Å². The van der Waals surface area contributed by atoms with E-state index in [0.29, 0.717) is 6.04 Å². The van der Waals surface area contributed by atoms with Crippen LogP contribution in [-0.2, 0) is 13.0 Å². The van der Waals surface area contributed by atoms with Gasteiger partial charge in [0.1, 0.15) is 0 Å². The number of pyridine rings is 1. The highest BCUT2D eigenvalue weighted by atomic mass is 32.1. The Kier molecular flexibility index (Phi) is 4.44. The molecule has 0 atom stereocenters. The van der Waals surface area contributed by atoms with E-state index in [9.17, 15) is 0 Å². The van der Waals surface area contributed by atoms with Crippen molar-refractivity contribution in [3.63, 3.8) is 0 Å². The molecule has 0 unspecified atom stereocenters. The second-order valence-electron chi connectivity index (χ2n) is 4.69. The Morgan fingerprint density at radius 1 is 1.39 bits per heavy atom. The lowest BCUT2D eigenvalue weighted by molar-refractivity contribution is 0.591. The SMILES string of the molecule is Cc1nc(Cc2cccnc2)sc1CNC(C)C. The van der Waals surface area contributed by atoms with Gasteiger partial charge in [0.05, 0.1) is 10.7 Å². The zero-order valence-electron chi connectivity index (χ0n) is 11.1. The molecule has 2 aromatic rings. The van der Waals surface area contributed by atoms with E-state index >= 15 is 0 Å². The highest BCUT2D eigenvalue weighted by Gasteiger charge is 2.08. The van der Waals surface area contributed by atoms with E-state index in [2.05, 4.69) is 42.1 Å². The van der Waals surface area contributed by atoms with Crippen molar-refractivity contribution in [1.82, 2.24) is 15.3 Å². The van der Waals surface area contributed by atoms with Gasteiger partial charge in [-0.15, -0.1) is 11.3 Å².